The molecule has 0 bridgehead atoms. The van der Waals surface area contributed by atoms with Crippen molar-refractivity contribution < 1.29 is 14.4 Å². The van der Waals surface area contributed by atoms with Gasteiger partial charge in [0.05, 0.1) is 0 Å². The standard InChI is InChI=1S/C15H20N4O3/c1-2-8-18(9-6-12-5-3-4-7-16-12)14(21)11-19-10-13(20)17-15(19)22/h3-5,7H,2,6,8-11H2,1H3,(H,17,20,22). The largest absolute Gasteiger partial charge is 0.341 e. The van der Waals surface area contributed by atoms with E-state index in [1.54, 1.807) is 11.1 Å². The van der Waals surface area contributed by atoms with E-state index >= 15 is 0 Å². The molecule has 1 aliphatic heterocycles. The summed E-state index contributed by atoms with van der Waals surface area (Å²) < 4.78 is 0. The van der Waals surface area contributed by atoms with Gasteiger partial charge in [-0.2, -0.15) is 0 Å². The van der Waals surface area contributed by atoms with Gasteiger partial charge < -0.3 is 9.80 Å². The van der Waals surface area contributed by atoms with Crippen LogP contribution >= 0.6 is 0 Å². The summed E-state index contributed by atoms with van der Waals surface area (Å²) in [7, 11) is 0. The van der Waals surface area contributed by atoms with E-state index in [4.69, 9.17) is 0 Å². The van der Waals surface area contributed by atoms with Gasteiger partial charge in [0.2, 0.25) is 11.8 Å². The molecule has 2 rings (SSSR count). The fourth-order valence-corrected chi connectivity index (χ4v) is 2.30. The van der Waals surface area contributed by atoms with Crippen LogP contribution in [0.4, 0.5) is 4.79 Å². The molecule has 0 atom stereocenters. The van der Waals surface area contributed by atoms with Crippen LogP contribution in [0.2, 0.25) is 0 Å². The van der Waals surface area contributed by atoms with Crippen LogP contribution in [-0.2, 0) is 16.0 Å². The topological polar surface area (TPSA) is 82.6 Å². The van der Waals surface area contributed by atoms with E-state index in [9.17, 15) is 14.4 Å². The minimum atomic E-state index is -0.500. The summed E-state index contributed by atoms with van der Waals surface area (Å²) in [6.45, 7) is 3.04. The normalized spacial score (nSPS) is 14.1. The Kier molecular flexibility index (Phi) is 5.46. The molecule has 0 spiro atoms. The first kappa shape index (κ1) is 15.9. The average molecular weight is 304 g/mol. The van der Waals surface area contributed by atoms with Gasteiger partial charge in [-0.1, -0.05) is 13.0 Å². The van der Waals surface area contributed by atoms with E-state index in [0.717, 1.165) is 12.1 Å². The number of nitrogens with zero attached hydrogens (tertiary/aromatic N) is 3. The van der Waals surface area contributed by atoms with Crippen LogP contribution in [0.25, 0.3) is 0 Å². The zero-order chi connectivity index (χ0) is 15.9. The van der Waals surface area contributed by atoms with E-state index in [-0.39, 0.29) is 24.9 Å². The highest BCUT2D eigenvalue weighted by molar-refractivity contribution is 6.03. The molecule has 1 fully saturated rings. The minimum absolute atomic E-state index is 0.0508. The quantitative estimate of drug-likeness (QED) is 0.740. The number of hydrogen-bond donors (Lipinski definition) is 1. The minimum Gasteiger partial charge on any atom is -0.341 e. The van der Waals surface area contributed by atoms with Crippen LogP contribution in [0.15, 0.2) is 24.4 Å². The highest BCUT2D eigenvalue weighted by Crippen LogP contribution is 2.03. The first-order valence-corrected chi connectivity index (χ1v) is 7.36. The van der Waals surface area contributed by atoms with Crippen LogP contribution in [-0.4, -0.2) is 58.8 Å². The highest BCUT2D eigenvalue weighted by atomic mass is 16.2. The Hall–Kier alpha value is -2.44. The lowest BCUT2D eigenvalue weighted by molar-refractivity contribution is -0.131. The van der Waals surface area contributed by atoms with E-state index in [1.165, 1.54) is 4.90 Å². The van der Waals surface area contributed by atoms with Crippen molar-refractivity contribution in [1.82, 2.24) is 20.1 Å². The molecule has 0 unspecified atom stereocenters. The van der Waals surface area contributed by atoms with Gasteiger partial charge >= 0.3 is 6.03 Å². The molecule has 1 N–H and O–H groups in total. The van der Waals surface area contributed by atoms with Gasteiger partial charge in [0, 0.05) is 31.4 Å². The Balaban J connectivity index is 1.90. The molecule has 118 valence electrons. The Bertz CT molecular complexity index is 547. The molecule has 1 aromatic rings. The number of hydrogen-bond acceptors (Lipinski definition) is 4. The Labute approximate surface area is 129 Å². The van der Waals surface area contributed by atoms with Gasteiger partial charge in [0.15, 0.2) is 0 Å². The predicted molar refractivity (Wildman–Crippen MR) is 79.9 cm³/mol. The fourth-order valence-electron chi connectivity index (χ4n) is 2.30. The summed E-state index contributed by atoms with van der Waals surface area (Å²) in [6, 6.07) is 5.18. The summed E-state index contributed by atoms with van der Waals surface area (Å²) in [4.78, 5) is 42.2. The number of rotatable bonds is 7. The third-order valence-electron chi connectivity index (χ3n) is 3.40. The second-order valence-corrected chi connectivity index (χ2v) is 5.16. The third kappa shape index (κ3) is 4.28. The lowest BCUT2D eigenvalue weighted by Gasteiger charge is -2.24. The van der Waals surface area contributed by atoms with Crippen molar-refractivity contribution in [2.24, 2.45) is 0 Å². The lowest BCUT2D eigenvalue weighted by Crippen LogP contribution is -2.42. The molecule has 7 heteroatoms. The highest BCUT2D eigenvalue weighted by Gasteiger charge is 2.29. The maximum atomic E-state index is 12.3. The van der Waals surface area contributed by atoms with Gasteiger partial charge in [-0.25, -0.2) is 4.79 Å². The molecule has 1 saturated heterocycles. The van der Waals surface area contributed by atoms with Crippen LogP contribution in [0.5, 0.6) is 0 Å². The zero-order valence-corrected chi connectivity index (χ0v) is 12.6. The first-order chi connectivity index (χ1) is 10.6. The van der Waals surface area contributed by atoms with Crippen LogP contribution in [0.3, 0.4) is 0 Å². The number of carbonyl (C=O) groups excluding carboxylic acids is 3. The Morgan fingerprint density at radius 2 is 2.18 bits per heavy atom. The second kappa shape index (κ2) is 7.53. The van der Waals surface area contributed by atoms with Gasteiger partial charge in [0.1, 0.15) is 13.1 Å². The second-order valence-electron chi connectivity index (χ2n) is 5.16. The maximum absolute atomic E-state index is 12.3. The van der Waals surface area contributed by atoms with Crippen LogP contribution in [0.1, 0.15) is 19.0 Å². The lowest BCUT2D eigenvalue weighted by atomic mass is 10.2. The predicted octanol–water partition coefficient (Wildman–Crippen LogP) is 0.414. The molecule has 1 aromatic heterocycles. The molecule has 1 aliphatic rings. The summed E-state index contributed by atoms with van der Waals surface area (Å²) in [5.74, 6) is -0.518. The van der Waals surface area contributed by atoms with Gasteiger partial charge in [-0.05, 0) is 18.6 Å². The number of amides is 4. The third-order valence-corrected chi connectivity index (χ3v) is 3.40. The molecule has 2 heterocycles. The number of nitrogens with one attached hydrogen (secondary N) is 1. The molecule has 0 aliphatic carbocycles. The van der Waals surface area contributed by atoms with Crippen molar-refractivity contribution in [1.29, 1.82) is 0 Å². The van der Waals surface area contributed by atoms with Gasteiger partial charge in [-0.15, -0.1) is 0 Å². The molecular weight excluding hydrogens is 284 g/mol. The number of pyridine rings is 1. The van der Waals surface area contributed by atoms with Crippen molar-refractivity contribution >= 4 is 17.8 Å². The van der Waals surface area contributed by atoms with Crippen LogP contribution < -0.4 is 5.32 Å². The van der Waals surface area contributed by atoms with Gasteiger partial charge in [-0.3, -0.25) is 19.9 Å². The zero-order valence-electron chi connectivity index (χ0n) is 12.6. The van der Waals surface area contributed by atoms with E-state index in [0.29, 0.717) is 19.5 Å². The fraction of sp³-hybridized carbons (Fsp3) is 0.467. The van der Waals surface area contributed by atoms with Crippen LogP contribution in [0, 0.1) is 0 Å². The summed E-state index contributed by atoms with van der Waals surface area (Å²) >= 11 is 0. The number of urea groups is 1. The van der Waals surface area contributed by atoms with Crippen molar-refractivity contribution in [3.8, 4) is 0 Å². The number of imide groups is 1. The molecule has 22 heavy (non-hydrogen) atoms. The monoisotopic (exact) mass is 304 g/mol. The number of aromatic nitrogens is 1. The molecule has 7 nitrogen and oxygen atoms in total. The SMILES string of the molecule is CCCN(CCc1ccccn1)C(=O)CN1CC(=O)NC1=O. The Morgan fingerprint density at radius 3 is 2.77 bits per heavy atom. The maximum Gasteiger partial charge on any atom is 0.325 e. The molecule has 4 amide bonds. The summed E-state index contributed by atoms with van der Waals surface area (Å²) in [6.07, 6.45) is 3.22. The molecule has 0 saturated carbocycles. The van der Waals surface area contributed by atoms with E-state index in [2.05, 4.69) is 10.3 Å². The van der Waals surface area contributed by atoms with E-state index in [1.807, 2.05) is 25.1 Å². The van der Waals surface area contributed by atoms with Crippen molar-refractivity contribution in [3.05, 3.63) is 30.1 Å². The molecule has 0 aromatic carbocycles. The summed E-state index contributed by atoms with van der Waals surface area (Å²) in [5.41, 5.74) is 0.922. The smallest absolute Gasteiger partial charge is 0.325 e. The average Bonchev–Trinajstić information content (AvgIpc) is 2.82. The molecule has 0 radical (unpaired) electrons. The number of carbonyl (C=O) groups is 3. The van der Waals surface area contributed by atoms with E-state index < -0.39 is 6.03 Å². The molecular formula is C15H20N4O3. The van der Waals surface area contributed by atoms with Crippen molar-refractivity contribution in [2.75, 3.05) is 26.2 Å². The van der Waals surface area contributed by atoms with Crippen molar-refractivity contribution in [3.63, 3.8) is 0 Å². The first-order valence-electron chi connectivity index (χ1n) is 7.36. The van der Waals surface area contributed by atoms with Crippen molar-refractivity contribution in [2.45, 2.75) is 19.8 Å². The summed E-state index contributed by atoms with van der Waals surface area (Å²) in [5, 5.41) is 2.17. The Morgan fingerprint density at radius 1 is 1.36 bits per heavy atom. The van der Waals surface area contributed by atoms with Gasteiger partial charge in [0.25, 0.3) is 0 Å².